The Morgan fingerprint density at radius 2 is 1.57 bits per heavy atom. The van der Waals surface area contributed by atoms with Gasteiger partial charge in [0.2, 0.25) is 16.5 Å². The maximum absolute atomic E-state index is 5.79. The number of aromatic nitrogens is 3. The van der Waals surface area contributed by atoms with E-state index in [9.17, 15) is 0 Å². The second kappa shape index (κ2) is 5.84. The fourth-order valence-electron chi connectivity index (χ4n) is 2.29. The van der Waals surface area contributed by atoms with Crippen molar-refractivity contribution in [2.75, 3.05) is 5.32 Å². The van der Waals surface area contributed by atoms with Crippen molar-refractivity contribution >= 4 is 39.9 Å². The van der Waals surface area contributed by atoms with E-state index in [-0.39, 0.29) is 16.6 Å². The van der Waals surface area contributed by atoms with E-state index in [0.717, 1.165) is 5.56 Å². The molecule has 3 rings (SSSR count). The molecule has 21 heavy (non-hydrogen) atoms. The molecule has 0 bridgehead atoms. The van der Waals surface area contributed by atoms with Crippen molar-refractivity contribution in [2.24, 2.45) is 0 Å². The van der Waals surface area contributed by atoms with E-state index in [1.165, 1.54) is 10.8 Å². The number of hydrogen-bond donors (Lipinski definition) is 1. The summed E-state index contributed by atoms with van der Waals surface area (Å²) in [6.07, 6.45) is 0. The van der Waals surface area contributed by atoms with Crippen molar-refractivity contribution in [1.82, 2.24) is 15.0 Å². The summed E-state index contributed by atoms with van der Waals surface area (Å²) in [7, 11) is 0. The zero-order valence-corrected chi connectivity index (χ0v) is 12.7. The number of fused-ring (bicyclic) bond motifs is 1. The molecule has 2 aromatic carbocycles. The molecule has 3 aromatic rings. The molecule has 1 atom stereocenters. The summed E-state index contributed by atoms with van der Waals surface area (Å²) < 4.78 is 0. The predicted octanol–water partition coefficient (Wildman–Crippen LogP) is 4.50. The first-order valence-electron chi connectivity index (χ1n) is 6.45. The molecule has 1 aromatic heterocycles. The lowest BCUT2D eigenvalue weighted by atomic mass is 10.00. The molecule has 0 amide bonds. The minimum Gasteiger partial charge on any atom is -0.348 e. The van der Waals surface area contributed by atoms with Gasteiger partial charge in [-0.05, 0) is 46.5 Å². The van der Waals surface area contributed by atoms with Crippen LogP contribution < -0.4 is 5.32 Å². The van der Waals surface area contributed by atoms with Crippen LogP contribution in [-0.2, 0) is 0 Å². The molecule has 1 heterocycles. The zero-order chi connectivity index (χ0) is 14.8. The van der Waals surface area contributed by atoms with Gasteiger partial charge in [0.25, 0.3) is 0 Å². The molecule has 0 radical (unpaired) electrons. The molecule has 4 nitrogen and oxygen atoms in total. The van der Waals surface area contributed by atoms with Gasteiger partial charge in [0.05, 0.1) is 6.04 Å². The maximum atomic E-state index is 5.79. The Labute approximate surface area is 132 Å². The minimum absolute atomic E-state index is 0.00522. The summed E-state index contributed by atoms with van der Waals surface area (Å²) >= 11 is 11.6. The molecule has 6 heteroatoms. The van der Waals surface area contributed by atoms with E-state index in [4.69, 9.17) is 23.2 Å². The molecule has 106 valence electrons. The quantitative estimate of drug-likeness (QED) is 0.772. The Morgan fingerprint density at radius 1 is 0.905 bits per heavy atom. The van der Waals surface area contributed by atoms with Crippen molar-refractivity contribution in [1.29, 1.82) is 0 Å². The van der Waals surface area contributed by atoms with Crippen LogP contribution in [0.25, 0.3) is 10.8 Å². The lowest BCUT2D eigenvalue weighted by Gasteiger charge is -2.16. The van der Waals surface area contributed by atoms with Crippen LogP contribution in [0.15, 0.2) is 42.5 Å². The van der Waals surface area contributed by atoms with E-state index in [1.54, 1.807) is 0 Å². The zero-order valence-electron chi connectivity index (χ0n) is 11.2. The first-order valence-corrected chi connectivity index (χ1v) is 7.20. The second-order valence-corrected chi connectivity index (χ2v) is 5.31. The third kappa shape index (κ3) is 3.06. The minimum atomic E-state index is 0.00522. The average Bonchev–Trinajstić information content (AvgIpc) is 2.45. The number of benzene rings is 2. The molecule has 0 spiro atoms. The second-order valence-electron chi connectivity index (χ2n) is 4.63. The van der Waals surface area contributed by atoms with Crippen molar-refractivity contribution in [3.8, 4) is 0 Å². The van der Waals surface area contributed by atoms with Gasteiger partial charge in [-0.15, -0.1) is 0 Å². The lowest BCUT2D eigenvalue weighted by Crippen LogP contribution is -2.10. The van der Waals surface area contributed by atoms with Gasteiger partial charge in [-0.3, -0.25) is 0 Å². The summed E-state index contributed by atoms with van der Waals surface area (Å²) in [6.45, 7) is 2.04. The molecule has 0 aliphatic carbocycles. The largest absolute Gasteiger partial charge is 0.348 e. The first kappa shape index (κ1) is 14.0. The molecule has 1 N–H and O–H groups in total. The normalized spacial score (nSPS) is 12.3. The Bertz CT molecular complexity index is 766. The standard InChI is InChI=1S/C15H12Cl2N4/c1-9(18-15-20-13(16)19-14(17)21-15)11-8-4-6-10-5-2-3-7-12(10)11/h2-9H,1H3,(H,18,19,20,21). The topological polar surface area (TPSA) is 50.7 Å². The summed E-state index contributed by atoms with van der Waals surface area (Å²) in [6, 6.07) is 14.4. The van der Waals surface area contributed by atoms with E-state index in [1.807, 2.05) is 25.1 Å². The fourth-order valence-corrected chi connectivity index (χ4v) is 2.65. The van der Waals surface area contributed by atoms with Crippen LogP contribution in [0, 0.1) is 0 Å². The van der Waals surface area contributed by atoms with Crippen molar-refractivity contribution in [3.63, 3.8) is 0 Å². The van der Waals surface area contributed by atoms with Gasteiger partial charge >= 0.3 is 0 Å². The highest BCUT2D eigenvalue weighted by Gasteiger charge is 2.11. The summed E-state index contributed by atoms with van der Waals surface area (Å²) in [5.74, 6) is 0.362. The number of rotatable bonds is 3. The number of nitrogens with zero attached hydrogens (tertiary/aromatic N) is 3. The van der Waals surface area contributed by atoms with Crippen LogP contribution in [-0.4, -0.2) is 15.0 Å². The van der Waals surface area contributed by atoms with E-state index in [2.05, 4.69) is 44.5 Å². The van der Waals surface area contributed by atoms with Crippen LogP contribution in [0.2, 0.25) is 10.6 Å². The van der Waals surface area contributed by atoms with Gasteiger partial charge in [-0.2, -0.15) is 15.0 Å². The lowest BCUT2D eigenvalue weighted by molar-refractivity contribution is 0.861. The van der Waals surface area contributed by atoms with Crippen molar-refractivity contribution in [3.05, 3.63) is 58.6 Å². The highest BCUT2D eigenvalue weighted by Crippen LogP contribution is 2.26. The molecule has 0 saturated carbocycles. The highest BCUT2D eigenvalue weighted by atomic mass is 35.5. The van der Waals surface area contributed by atoms with Crippen molar-refractivity contribution < 1.29 is 0 Å². The monoisotopic (exact) mass is 318 g/mol. The number of anilines is 1. The Kier molecular flexibility index (Phi) is 3.90. The van der Waals surface area contributed by atoms with Crippen LogP contribution in [0.3, 0.4) is 0 Å². The summed E-state index contributed by atoms with van der Waals surface area (Å²) in [5.41, 5.74) is 1.15. The van der Waals surface area contributed by atoms with Crippen molar-refractivity contribution in [2.45, 2.75) is 13.0 Å². The van der Waals surface area contributed by atoms with Crippen LogP contribution in [0.5, 0.6) is 0 Å². The SMILES string of the molecule is CC(Nc1nc(Cl)nc(Cl)n1)c1cccc2ccccc12. The van der Waals surface area contributed by atoms with E-state index >= 15 is 0 Å². The van der Waals surface area contributed by atoms with E-state index < -0.39 is 0 Å². The highest BCUT2D eigenvalue weighted by molar-refractivity contribution is 6.31. The molecule has 0 saturated heterocycles. The number of hydrogen-bond acceptors (Lipinski definition) is 4. The van der Waals surface area contributed by atoms with Gasteiger partial charge in [-0.1, -0.05) is 42.5 Å². The molecular formula is C15H12Cl2N4. The first-order chi connectivity index (χ1) is 10.1. The Balaban J connectivity index is 1.95. The fraction of sp³-hybridized carbons (Fsp3) is 0.133. The van der Waals surface area contributed by atoms with Gasteiger partial charge in [0, 0.05) is 0 Å². The molecular weight excluding hydrogens is 307 g/mol. The van der Waals surface area contributed by atoms with Gasteiger partial charge < -0.3 is 5.32 Å². The Hall–Kier alpha value is -1.91. The summed E-state index contributed by atoms with van der Waals surface area (Å²) in [4.78, 5) is 11.8. The van der Waals surface area contributed by atoms with Gasteiger partial charge in [-0.25, -0.2) is 0 Å². The average molecular weight is 319 g/mol. The number of nitrogens with one attached hydrogen (secondary N) is 1. The molecule has 0 fully saturated rings. The number of halogens is 2. The third-order valence-electron chi connectivity index (χ3n) is 3.22. The summed E-state index contributed by atoms with van der Waals surface area (Å²) in [5, 5.41) is 5.72. The van der Waals surface area contributed by atoms with Crippen LogP contribution >= 0.6 is 23.2 Å². The van der Waals surface area contributed by atoms with E-state index in [0.29, 0.717) is 5.95 Å². The predicted molar refractivity (Wildman–Crippen MR) is 85.8 cm³/mol. The molecule has 1 unspecified atom stereocenters. The maximum Gasteiger partial charge on any atom is 0.228 e. The van der Waals surface area contributed by atoms with Crippen LogP contribution in [0.1, 0.15) is 18.5 Å². The third-order valence-corrected chi connectivity index (χ3v) is 3.55. The Morgan fingerprint density at radius 3 is 2.33 bits per heavy atom. The van der Waals surface area contributed by atoms with Gasteiger partial charge in [0.15, 0.2) is 0 Å². The smallest absolute Gasteiger partial charge is 0.228 e. The molecule has 0 aliphatic heterocycles. The molecule has 0 aliphatic rings. The van der Waals surface area contributed by atoms with Crippen LogP contribution in [0.4, 0.5) is 5.95 Å². The van der Waals surface area contributed by atoms with Gasteiger partial charge in [0.1, 0.15) is 0 Å².